The minimum Gasteiger partial charge on any atom is -0.492 e. The summed E-state index contributed by atoms with van der Waals surface area (Å²) in [6, 6.07) is 2.22. The van der Waals surface area contributed by atoms with Gasteiger partial charge in [-0.15, -0.1) is 0 Å². The molecule has 2 aromatic heterocycles. The normalized spacial score (nSPS) is 18.4. The van der Waals surface area contributed by atoms with Crippen LogP contribution in [0.5, 0.6) is 5.88 Å². The molecule has 2 aliphatic rings. The lowest BCUT2D eigenvalue weighted by Crippen LogP contribution is -2.36. The molecule has 1 saturated heterocycles. The average Bonchev–Trinajstić information content (AvgIpc) is 3.32. The molecule has 1 aliphatic carbocycles. The number of likely N-dealkylation sites (tertiary alicyclic amines) is 1. The number of carbonyl (C=O) groups excluding carboxylic acids is 2. The van der Waals surface area contributed by atoms with E-state index in [1.807, 2.05) is 13.8 Å². The van der Waals surface area contributed by atoms with Gasteiger partial charge in [0, 0.05) is 37.3 Å². The molecule has 0 unspecified atom stereocenters. The summed E-state index contributed by atoms with van der Waals surface area (Å²) in [5.74, 6) is -1.43. The second-order valence-corrected chi connectivity index (χ2v) is 9.22. The van der Waals surface area contributed by atoms with Crippen molar-refractivity contribution in [2.24, 2.45) is 11.8 Å². The summed E-state index contributed by atoms with van der Waals surface area (Å²) in [5.41, 5.74) is 0.420. The van der Waals surface area contributed by atoms with E-state index in [0.717, 1.165) is 12.8 Å². The lowest BCUT2D eigenvalue weighted by atomic mass is 10.1. The van der Waals surface area contributed by atoms with E-state index in [0.29, 0.717) is 43.0 Å². The molecule has 174 valence electrons. The van der Waals surface area contributed by atoms with Gasteiger partial charge in [-0.2, -0.15) is 14.9 Å². The number of aryl methyl sites for hydroxylation is 1. The average molecular weight is 453 g/mol. The van der Waals surface area contributed by atoms with Gasteiger partial charge >= 0.3 is 0 Å². The summed E-state index contributed by atoms with van der Waals surface area (Å²) in [5, 5.41) is 27.0. The molecule has 10 heteroatoms. The zero-order chi connectivity index (χ0) is 23.9. The second kappa shape index (κ2) is 8.73. The molecule has 1 atom stereocenters. The van der Waals surface area contributed by atoms with E-state index in [9.17, 15) is 19.5 Å². The van der Waals surface area contributed by atoms with E-state index >= 15 is 0 Å². The van der Waals surface area contributed by atoms with Crippen LogP contribution >= 0.6 is 0 Å². The fraction of sp³-hybridized carbons (Fsp3) is 0.522. The third kappa shape index (κ3) is 4.35. The highest BCUT2D eigenvalue weighted by Crippen LogP contribution is 2.25. The van der Waals surface area contributed by atoms with Crippen LogP contribution in [0.4, 0.5) is 0 Å². The Morgan fingerprint density at radius 3 is 2.67 bits per heavy atom. The Hall–Kier alpha value is -3.61. The van der Waals surface area contributed by atoms with Gasteiger partial charge in [-0.25, -0.2) is 0 Å². The molecule has 2 fully saturated rings. The SMILES string of the molecule is Cc1nn2c(O)c(C(=O)NC3CC3)c(=O)n(CC(C)C)c2c1/C=C/C(=O)N1CC[C@@H](C#N)C1. The molecule has 1 aliphatic heterocycles. The predicted molar refractivity (Wildman–Crippen MR) is 121 cm³/mol. The summed E-state index contributed by atoms with van der Waals surface area (Å²) >= 11 is 0. The number of nitriles is 1. The van der Waals surface area contributed by atoms with Crippen LogP contribution in [-0.2, 0) is 11.3 Å². The Bertz CT molecular complexity index is 1240. The first-order chi connectivity index (χ1) is 15.7. The molecule has 0 spiro atoms. The monoisotopic (exact) mass is 452 g/mol. The third-order valence-corrected chi connectivity index (χ3v) is 5.98. The van der Waals surface area contributed by atoms with Crippen molar-refractivity contribution >= 4 is 23.5 Å². The van der Waals surface area contributed by atoms with Crippen molar-refractivity contribution in [1.82, 2.24) is 24.4 Å². The number of carbonyl (C=O) groups is 2. The number of nitrogens with zero attached hydrogens (tertiary/aromatic N) is 5. The van der Waals surface area contributed by atoms with Crippen molar-refractivity contribution in [3.8, 4) is 11.9 Å². The van der Waals surface area contributed by atoms with Crippen LogP contribution in [0, 0.1) is 30.1 Å². The van der Waals surface area contributed by atoms with Gasteiger partial charge in [0.2, 0.25) is 11.8 Å². The first kappa shape index (κ1) is 22.6. The van der Waals surface area contributed by atoms with Crippen LogP contribution in [-0.4, -0.2) is 55.1 Å². The molecule has 2 aromatic rings. The molecule has 4 rings (SSSR count). The number of fused-ring (bicyclic) bond motifs is 1. The Balaban J connectivity index is 1.78. The molecule has 2 N–H and O–H groups in total. The molecule has 33 heavy (non-hydrogen) atoms. The number of hydrogen-bond acceptors (Lipinski definition) is 6. The van der Waals surface area contributed by atoms with Gasteiger partial charge < -0.3 is 15.3 Å². The maximum atomic E-state index is 13.3. The molecule has 10 nitrogen and oxygen atoms in total. The van der Waals surface area contributed by atoms with Crippen LogP contribution in [0.25, 0.3) is 11.7 Å². The number of amides is 2. The molecule has 3 heterocycles. The summed E-state index contributed by atoms with van der Waals surface area (Å²) in [6.45, 7) is 6.83. The summed E-state index contributed by atoms with van der Waals surface area (Å²) in [7, 11) is 0. The van der Waals surface area contributed by atoms with E-state index in [2.05, 4.69) is 16.5 Å². The summed E-state index contributed by atoms with van der Waals surface area (Å²) < 4.78 is 2.64. The maximum Gasteiger partial charge on any atom is 0.270 e. The van der Waals surface area contributed by atoms with Crippen LogP contribution < -0.4 is 10.9 Å². The molecule has 1 saturated carbocycles. The summed E-state index contributed by atoms with van der Waals surface area (Å²) in [6.07, 6.45) is 5.34. The Labute approximate surface area is 191 Å². The number of nitrogens with one attached hydrogen (secondary N) is 1. The molecule has 0 radical (unpaired) electrons. The number of hydrogen-bond donors (Lipinski definition) is 2. The van der Waals surface area contributed by atoms with E-state index < -0.39 is 17.3 Å². The van der Waals surface area contributed by atoms with Gasteiger partial charge in [-0.05, 0) is 38.2 Å². The van der Waals surface area contributed by atoms with Crippen molar-refractivity contribution in [3.05, 3.63) is 33.3 Å². The van der Waals surface area contributed by atoms with Gasteiger partial charge in [-0.3, -0.25) is 19.0 Å². The van der Waals surface area contributed by atoms with E-state index in [1.165, 1.54) is 15.2 Å². The van der Waals surface area contributed by atoms with Crippen molar-refractivity contribution in [2.75, 3.05) is 13.1 Å². The van der Waals surface area contributed by atoms with Crippen LogP contribution in [0.3, 0.4) is 0 Å². The highest BCUT2D eigenvalue weighted by atomic mass is 16.3. The smallest absolute Gasteiger partial charge is 0.270 e. The van der Waals surface area contributed by atoms with E-state index in [4.69, 9.17) is 5.26 Å². The molecule has 0 bridgehead atoms. The molecule has 2 amide bonds. The van der Waals surface area contributed by atoms with Crippen molar-refractivity contribution < 1.29 is 14.7 Å². The highest BCUT2D eigenvalue weighted by Gasteiger charge is 2.30. The van der Waals surface area contributed by atoms with Crippen molar-refractivity contribution in [3.63, 3.8) is 0 Å². The lowest BCUT2D eigenvalue weighted by Gasteiger charge is -2.15. The van der Waals surface area contributed by atoms with Crippen LogP contribution in [0.15, 0.2) is 10.9 Å². The zero-order valence-electron chi connectivity index (χ0n) is 19.0. The van der Waals surface area contributed by atoms with Crippen LogP contribution in [0.1, 0.15) is 54.7 Å². The van der Waals surface area contributed by atoms with E-state index in [-0.39, 0.29) is 29.3 Å². The minimum absolute atomic E-state index is 0.0284. The fourth-order valence-corrected chi connectivity index (χ4v) is 4.11. The first-order valence-corrected chi connectivity index (χ1v) is 11.2. The molecular weight excluding hydrogens is 424 g/mol. The first-order valence-electron chi connectivity index (χ1n) is 11.2. The quantitative estimate of drug-likeness (QED) is 0.638. The van der Waals surface area contributed by atoms with Gasteiger partial charge in [0.1, 0.15) is 5.65 Å². The van der Waals surface area contributed by atoms with Crippen LogP contribution in [0.2, 0.25) is 0 Å². The molecule has 0 aromatic carbocycles. The number of rotatable bonds is 6. The maximum absolute atomic E-state index is 13.3. The lowest BCUT2D eigenvalue weighted by molar-refractivity contribution is -0.125. The van der Waals surface area contributed by atoms with Crippen molar-refractivity contribution in [1.29, 1.82) is 5.26 Å². The number of aromatic hydroxyl groups is 1. The van der Waals surface area contributed by atoms with Crippen molar-refractivity contribution in [2.45, 2.75) is 52.6 Å². The van der Waals surface area contributed by atoms with Gasteiger partial charge in [0.15, 0.2) is 5.56 Å². The zero-order valence-corrected chi connectivity index (χ0v) is 19.0. The van der Waals surface area contributed by atoms with Gasteiger partial charge in [-0.1, -0.05) is 13.8 Å². The Kier molecular flexibility index (Phi) is 5.97. The Morgan fingerprint density at radius 2 is 2.06 bits per heavy atom. The standard InChI is InChI=1S/C23H28N6O4/c1-13(2)11-28-21-17(6-7-18(30)27-9-8-15(10-24)12-27)14(3)26-29(21)23(33)19(22(28)32)20(31)25-16-4-5-16/h6-7,13,15-16,33H,4-5,8-9,11-12H2,1-3H3,(H,25,31)/b7-6+/t15-/m0/s1. The topological polar surface area (TPSA) is 133 Å². The highest BCUT2D eigenvalue weighted by molar-refractivity contribution is 5.97. The second-order valence-electron chi connectivity index (χ2n) is 9.22. The van der Waals surface area contributed by atoms with Gasteiger partial charge in [0.05, 0.1) is 17.7 Å². The third-order valence-electron chi connectivity index (χ3n) is 5.98. The summed E-state index contributed by atoms with van der Waals surface area (Å²) in [4.78, 5) is 40.3. The Morgan fingerprint density at radius 1 is 1.33 bits per heavy atom. The predicted octanol–water partition coefficient (Wildman–Crippen LogP) is 1.44. The van der Waals surface area contributed by atoms with E-state index in [1.54, 1.807) is 17.9 Å². The number of aromatic nitrogens is 3. The fourth-order valence-electron chi connectivity index (χ4n) is 4.11. The molecular formula is C23H28N6O4. The largest absolute Gasteiger partial charge is 0.492 e. The minimum atomic E-state index is -0.610. The van der Waals surface area contributed by atoms with Gasteiger partial charge in [0.25, 0.3) is 11.5 Å².